The maximum atomic E-state index is 11.7. The fraction of sp³-hybridized carbons (Fsp3) is 0.800. The third-order valence-corrected chi connectivity index (χ3v) is 28.4. The molecule has 0 amide bonds. The van der Waals surface area contributed by atoms with Crippen molar-refractivity contribution in [2.24, 2.45) is 59.2 Å². The summed E-state index contributed by atoms with van der Waals surface area (Å²) in [4.78, 5) is 11.7. The summed E-state index contributed by atoms with van der Waals surface area (Å²) in [5, 5.41) is 10.8. The van der Waals surface area contributed by atoms with Gasteiger partial charge in [-0.05, 0) is 172 Å². The van der Waals surface area contributed by atoms with Gasteiger partial charge in [0.1, 0.15) is 42.9 Å². The molecule has 0 aromatic carbocycles. The van der Waals surface area contributed by atoms with E-state index in [0.717, 1.165) is 160 Å². The number of aliphatic hydroxyl groups is 1. The van der Waals surface area contributed by atoms with Crippen molar-refractivity contribution in [1.29, 1.82) is 0 Å². The third-order valence-electron chi connectivity index (χ3n) is 28.4. The van der Waals surface area contributed by atoms with Crippen LogP contribution < -0.4 is 12.4 Å². The Morgan fingerprint density at radius 2 is 0.870 bits per heavy atom. The summed E-state index contributed by atoms with van der Waals surface area (Å²) >= 11 is 0. The Kier molecular flexibility index (Phi) is 31.7. The van der Waals surface area contributed by atoms with E-state index in [0.29, 0.717) is 48.3 Å². The molecular weight excluding hydrogens is 1400 g/mol. The van der Waals surface area contributed by atoms with Crippen LogP contribution in [0, 0.1) is 66.1 Å². The quantitative estimate of drug-likeness (QED) is 0.0292. The Morgan fingerprint density at radius 3 is 1.28 bits per heavy atom. The van der Waals surface area contributed by atoms with Gasteiger partial charge in [0.05, 0.1) is 116 Å². The second-order valence-electron chi connectivity index (χ2n) is 35.8. The molecule has 18 heteroatoms. The molecule has 0 aliphatic carbocycles. The van der Waals surface area contributed by atoms with Gasteiger partial charge in [-0.25, -0.2) is 19.6 Å². The van der Waals surface area contributed by atoms with E-state index in [4.69, 9.17) is 66.3 Å². The van der Waals surface area contributed by atoms with Gasteiger partial charge in [0, 0.05) is 56.8 Å². The van der Waals surface area contributed by atoms with Crippen LogP contribution >= 0.6 is 0 Å². The molecule has 16 nitrogen and oxygen atoms in total. The summed E-state index contributed by atoms with van der Waals surface area (Å²) < 4.78 is 93.8. The van der Waals surface area contributed by atoms with E-state index in [1.807, 2.05) is 18.2 Å². The normalized spacial score (nSPS) is 45.8. The number of hydrogen-bond donors (Lipinski definition) is 1. The number of aliphatic hydroxyl groups excluding tert-OH is 1. The minimum absolute atomic E-state index is 0. The first-order chi connectivity index (χ1) is 50.9. The number of allylic oxidation sites excluding steroid dienone is 1. The summed E-state index contributed by atoms with van der Waals surface area (Å²) in [5.74, 6) is 2.37. The van der Waals surface area contributed by atoms with Crippen LogP contribution in [0.2, 0.25) is 0 Å². The van der Waals surface area contributed by atoms with Crippen molar-refractivity contribution in [2.75, 3.05) is 0 Å². The molecule has 16 heterocycles. The zero-order valence-corrected chi connectivity index (χ0v) is 70.0. The van der Waals surface area contributed by atoms with Crippen molar-refractivity contribution in [3.63, 3.8) is 0 Å². The topological polar surface area (TPSA) is 167 Å². The van der Waals surface area contributed by atoms with Gasteiger partial charge in [0.2, 0.25) is 0 Å². The van der Waals surface area contributed by atoms with Crippen LogP contribution in [0.1, 0.15) is 230 Å². The molecule has 16 aliphatic heterocycles. The molecule has 37 atom stereocenters. The summed E-state index contributed by atoms with van der Waals surface area (Å²) in [6.45, 7) is 58.9. The molecule has 9 unspecified atom stereocenters. The van der Waals surface area contributed by atoms with Gasteiger partial charge in [-0.3, -0.25) is 0 Å². The molecule has 16 saturated heterocycles. The maximum Gasteiger partial charge on any atom is 2.00 e. The smallest absolute Gasteiger partial charge is 1.00 e. The first kappa shape index (κ1) is 88.3. The average Bonchev–Trinajstić information content (AvgIpc) is 1.56. The SMILES string of the molecule is C=CCC(O)C[C@H]1C(C[C@H]2O[C@@H](CCC3O[C@@H](CC[C@@]45C[C@H]6O[C@H]7C(O4)[C@@H](C)[C@H](CC=C)O[C@H]7C6O5)CC3=C)C[C@@H](C)C2=C)O[C@H](C[C@H](C)CC)[C@@H]1C.C=CC[C@@H]1O[C@H]2C3O[C@]4(CC[C@H]5CC(=C)C(CC[C@H]6C[C@@H](C)C(=C)[C@@H](CC7O[C@H](C[C@H](C)CC)[C@H](C)[C@H]7CC=O)O6)O5)C[C@H]3O[C@H]2C(O4)[C@H]1C.C=C[CH2-].[Cl-].[Mg+2]. The fourth-order valence-electron chi connectivity index (χ4n) is 21.5. The van der Waals surface area contributed by atoms with Crippen LogP contribution in [-0.2, 0) is 71.1 Å². The number of aldehydes is 1. The molecule has 0 aromatic heterocycles. The van der Waals surface area contributed by atoms with E-state index >= 15 is 0 Å². The third kappa shape index (κ3) is 19.4. The van der Waals surface area contributed by atoms with Crippen LogP contribution in [0.25, 0.3) is 0 Å². The summed E-state index contributed by atoms with van der Waals surface area (Å²) in [5.41, 5.74) is 4.70. The molecule has 0 aromatic rings. The minimum atomic E-state index is -0.645. The van der Waals surface area contributed by atoms with E-state index in [1.54, 1.807) is 0 Å². The molecule has 0 saturated carbocycles. The Hall–Kier alpha value is -2.08. The minimum Gasteiger partial charge on any atom is -1.00 e. The van der Waals surface area contributed by atoms with Crippen LogP contribution in [0.3, 0.4) is 0 Å². The second kappa shape index (κ2) is 38.8. The first-order valence-electron chi connectivity index (χ1n) is 42.2. The number of hydrogen-bond acceptors (Lipinski definition) is 16. The van der Waals surface area contributed by atoms with Crippen LogP contribution in [0.4, 0.5) is 0 Å². The average molecular weight is 1540 g/mol. The predicted octanol–water partition coefficient (Wildman–Crippen LogP) is 13.7. The molecular formula is C90H139ClMgO16. The molecule has 16 aliphatic rings. The Bertz CT molecular complexity index is 3020. The fourth-order valence-corrected chi connectivity index (χ4v) is 21.5. The molecule has 16 rings (SSSR count). The predicted molar refractivity (Wildman–Crippen MR) is 419 cm³/mol. The Balaban J connectivity index is 0.000000219. The summed E-state index contributed by atoms with van der Waals surface area (Å²) in [6.07, 6.45) is 30.1. The molecule has 12 bridgehead atoms. The standard InChI is InChI=1S/C45H70O8.C42H64O8.C3H5.ClH.Mg/c1-10-13-31(46)22-34-29(8)37(19-25(4)12-3)49-39(34)23-38-28(7)26(5)20-32(48-38)15-16-35-27(6)21-33(47-35)17-18-45-24-40-42(53-45)44-43(51-40)41(52-45)30(9)36(50-44)14-11-2;1-9-11-33-28(8)38-40-41(47-33)39-37(48-40)22-42(49-38,50-39)16-14-30-20-25(5)32(44-30)13-12-29-19-24(4)26(6)35(45-29)21-36-31(15-17-43)27(7)34(46-36)18-23(3)10-2;1-3-2;;/h10-11,25-26,29-44,46H,1-2,6-7,12-24H2,3-5,8-9H3;9,17,23-24,27-41H,1,5-6,10-16,18-22H2,2-4,7-8H3;3H,1-2H2;1H;/q;;-1;;+2/p-1/t25-,26-,29-,30+,31?,32+,33+,34-,35?,36+,37-,38-,39?,40-,41?,42?,43+,44+,45-;23-,24-,27-,28+,29+,30+,31-,32?,33+,34-,35-,36?,37-,38?,39?,40+,41+,42-;;;/m11.../s1. The zero-order chi connectivity index (χ0) is 75.6. The van der Waals surface area contributed by atoms with Gasteiger partial charge in [-0.2, -0.15) is 0 Å². The first-order valence-corrected chi connectivity index (χ1v) is 42.2. The Morgan fingerprint density at radius 1 is 0.472 bits per heavy atom. The van der Waals surface area contributed by atoms with Crippen molar-refractivity contribution < 1.29 is 88.6 Å². The summed E-state index contributed by atoms with van der Waals surface area (Å²) in [6, 6.07) is 0. The van der Waals surface area contributed by atoms with E-state index in [-0.39, 0.29) is 206 Å². The van der Waals surface area contributed by atoms with Gasteiger partial charge >= 0.3 is 23.1 Å². The van der Waals surface area contributed by atoms with Gasteiger partial charge in [-0.1, -0.05) is 127 Å². The monoisotopic (exact) mass is 1530 g/mol. The van der Waals surface area contributed by atoms with Crippen molar-refractivity contribution in [3.8, 4) is 0 Å². The molecule has 604 valence electrons. The van der Waals surface area contributed by atoms with Crippen molar-refractivity contribution >= 4 is 29.3 Å². The number of ether oxygens (including phenoxy) is 14. The van der Waals surface area contributed by atoms with Gasteiger partial charge < -0.3 is 88.6 Å². The second-order valence-corrected chi connectivity index (χ2v) is 35.8. The number of carbonyl (C=O) groups excluding carboxylic acids is 1. The number of carbonyl (C=O) groups is 1. The summed E-state index contributed by atoms with van der Waals surface area (Å²) in [7, 11) is 0. The molecule has 16 fully saturated rings. The van der Waals surface area contributed by atoms with Crippen molar-refractivity contribution in [3.05, 3.63) is 106 Å². The van der Waals surface area contributed by atoms with Crippen LogP contribution in [0.5, 0.6) is 0 Å². The van der Waals surface area contributed by atoms with Crippen molar-refractivity contribution in [1.82, 2.24) is 0 Å². The van der Waals surface area contributed by atoms with Crippen LogP contribution in [0.15, 0.2) is 99.2 Å². The molecule has 0 radical (unpaired) electrons. The van der Waals surface area contributed by atoms with E-state index < -0.39 is 17.7 Å². The van der Waals surface area contributed by atoms with E-state index in [2.05, 4.69) is 129 Å². The zero-order valence-electron chi connectivity index (χ0n) is 67.8. The maximum absolute atomic E-state index is 11.7. The molecule has 0 spiro atoms. The van der Waals surface area contributed by atoms with Crippen LogP contribution in [-0.4, -0.2) is 199 Å². The van der Waals surface area contributed by atoms with E-state index in [9.17, 15) is 9.90 Å². The molecule has 1 N–H and O–H groups in total. The van der Waals surface area contributed by atoms with Gasteiger partial charge in [0.15, 0.2) is 11.6 Å². The number of rotatable bonds is 32. The van der Waals surface area contributed by atoms with Gasteiger partial charge in [0.25, 0.3) is 0 Å². The van der Waals surface area contributed by atoms with E-state index in [1.165, 1.54) is 22.8 Å². The van der Waals surface area contributed by atoms with Gasteiger partial charge in [-0.15, -0.1) is 19.7 Å². The van der Waals surface area contributed by atoms with Crippen molar-refractivity contribution in [2.45, 2.75) is 394 Å². The number of halogens is 1. The Labute approximate surface area is 673 Å². The molecule has 108 heavy (non-hydrogen) atoms. The largest absolute Gasteiger partial charge is 2.00 e.